The first-order valence-electron chi connectivity index (χ1n) is 10.0. The van der Waals surface area contributed by atoms with Crippen LogP contribution in [0, 0.1) is 28.1 Å². The van der Waals surface area contributed by atoms with E-state index in [4.69, 9.17) is 5.11 Å². The summed E-state index contributed by atoms with van der Waals surface area (Å²) in [6, 6.07) is 1.42. The summed E-state index contributed by atoms with van der Waals surface area (Å²) in [4.78, 5) is 14.1. The van der Waals surface area contributed by atoms with Gasteiger partial charge >= 0.3 is 0 Å². The predicted octanol–water partition coefficient (Wildman–Crippen LogP) is 2.46. The van der Waals surface area contributed by atoms with Crippen LogP contribution in [0.2, 0.25) is 0 Å². The Hall–Kier alpha value is -2.01. The summed E-state index contributed by atoms with van der Waals surface area (Å²) in [6.45, 7) is 7.36. The molecule has 1 aromatic heterocycles. The third-order valence-electron chi connectivity index (χ3n) is 7.39. The average Bonchev–Trinajstić information content (AvgIpc) is 3.33. The van der Waals surface area contributed by atoms with E-state index in [2.05, 4.69) is 37.2 Å². The third kappa shape index (κ3) is 3.77. The Balaban J connectivity index is 1.62. The Kier molecular flexibility index (Phi) is 5.76. The van der Waals surface area contributed by atoms with Gasteiger partial charge in [-0.1, -0.05) is 26.0 Å². The molecule has 1 aliphatic heterocycles. The molecule has 7 nitrogen and oxygen atoms in total. The largest absolute Gasteiger partial charge is 0.390 e. The molecule has 4 atom stereocenters. The summed E-state index contributed by atoms with van der Waals surface area (Å²) >= 11 is 0. The van der Waals surface area contributed by atoms with Crippen molar-refractivity contribution in [3.05, 3.63) is 11.9 Å². The van der Waals surface area contributed by atoms with Crippen molar-refractivity contribution >= 4 is 5.91 Å². The summed E-state index contributed by atoms with van der Waals surface area (Å²) in [5.41, 5.74) is 0.527. The van der Waals surface area contributed by atoms with Crippen LogP contribution in [0.25, 0.3) is 0 Å². The van der Waals surface area contributed by atoms with Crippen LogP contribution in [0.1, 0.15) is 58.6 Å². The first-order chi connectivity index (χ1) is 13.2. The number of hydrogen-bond donors (Lipinski definition) is 1. The number of aliphatic hydroxyl groups is 1. The van der Waals surface area contributed by atoms with Crippen LogP contribution in [0.15, 0.2) is 6.20 Å². The van der Waals surface area contributed by atoms with Crippen LogP contribution in [0.4, 0.5) is 4.39 Å². The monoisotopic (exact) mass is 391 g/mol. The van der Waals surface area contributed by atoms with Gasteiger partial charge in [0.2, 0.25) is 5.91 Å². The van der Waals surface area contributed by atoms with E-state index in [1.807, 2.05) is 0 Å². The number of alkyl halides is 1. The van der Waals surface area contributed by atoms with E-state index in [0.717, 1.165) is 25.8 Å². The molecule has 1 aliphatic carbocycles. The van der Waals surface area contributed by atoms with E-state index >= 15 is 0 Å². The quantitative estimate of drug-likeness (QED) is 0.804. The highest BCUT2D eigenvalue weighted by Gasteiger charge is 2.51. The van der Waals surface area contributed by atoms with Crippen LogP contribution >= 0.6 is 0 Å². The van der Waals surface area contributed by atoms with Gasteiger partial charge in [0.05, 0.1) is 25.4 Å². The number of halogens is 1. The Morgan fingerprint density at radius 1 is 1.46 bits per heavy atom. The molecule has 154 valence electrons. The minimum atomic E-state index is -1.09. The lowest BCUT2D eigenvalue weighted by atomic mass is 9.63. The molecule has 0 bridgehead atoms. The van der Waals surface area contributed by atoms with Gasteiger partial charge in [-0.15, -0.1) is 5.10 Å². The zero-order chi connectivity index (χ0) is 20.5. The molecule has 3 rings (SSSR count). The maximum atomic E-state index is 13.6. The van der Waals surface area contributed by atoms with Crippen molar-refractivity contribution in [2.75, 3.05) is 6.54 Å². The Bertz CT molecular complexity index is 758. The molecule has 2 fully saturated rings. The highest BCUT2D eigenvalue weighted by molar-refractivity contribution is 5.77. The molecule has 2 aliphatic rings. The summed E-state index contributed by atoms with van der Waals surface area (Å²) < 4.78 is 15.4. The number of nitriles is 1. The van der Waals surface area contributed by atoms with Crippen molar-refractivity contribution in [3.8, 4) is 6.07 Å². The number of amides is 1. The summed E-state index contributed by atoms with van der Waals surface area (Å²) in [5.74, 6) is 0.269. The van der Waals surface area contributed by atoms with E-state index < -0.39 is 12.2 Å². The van der Waals surface area contributed by atoms with Gasteiger partial charge in [-0.25, -0.2) is 4.39 Å². The molecule has 8 heteroatoms. The molecule has 1 N–H and O–H groups in total. The summed E-state index contributed by atoms with van der Waals surface area (Å²) in [5, 5.41) is 26.4. The minimum Gasteiger partial charge on any atom is -0.390 e. The molecular formula is C20H30FN5O2. The molecule has 0 unspecified atom stereocenters. The van der Waals surface area contributed by atoms with E-state index in [1.165, 1.54) is 4.90 Å². The second-order valence-electron chi connectivity index (χ2n) is 9.13. The number of aliphatic hydroxyl groups excluding tert-OH is 1. The van der Waals surface area contributed by atoms with Crippen molar-refractivity contribution in [1.82, 2.24) is 19.9 Å². The SMILES string of the molecule is CC1(C)[C@@H](Cn2cc(CO)nn2)CC[C@@]1(C)CCC(=O)N1C[C@@H](F)C[C@H]1C#N. The van der Waals surface area contributed by atoms with Crippen LogP contribution in [0.3, 0.4) is 0 Å². The number of likely N-dealkylation sites (tertiary alicyclic amines) is 1. The molecule has 1 saturated carbocycles. The molecule has 2 heterocycles. The fourth-order valence-corrected chi connectivity index (χ4v) is 4.87. The standard InChI is InChI=1S/C20H30FN5O2/c1-19(2)14(10-25-12-16(13-27)23-24-25)4-6-20(19,3)7-5-18(28)26-11-15(21)8-17(26)9-22/h12,14-15,17,27H,4-8,10-11,13H2,1-3H3/t14-,15+,17+,20+/m1/s1. The summed E-state index contributed by atoms with van der Waals surface area (Å²) in [6.07, 6.45) is 3.91. The lowest BCUT2D eigenvalue weighted by Gasteiger charge is -2.42. The lowest BCUT2D eigenvalue weighted by molar-refractivity contribution is -0.132. The Labute approximate surface area is 165 Å². The van der Waals surface area contributed by atoms with E-state index in [9.17, 15) is 14.4 Å². The number of aromatic nitrogens is 3. The van der Waals surface area contributed by atoms with Crippen LogP contribution in [-0.4, -0.2) is 49.7 Å². The van der Waals surface area contributed by atoms with Gasteiger partial charge < -0.3 is 10.0 Å². The van der Waals surface area contributed by atoms with E-state index in [-0.39, 0.29) is 36.3 Å². The number of hydrogen-bond acceptors (Lipinski definition) is 5. The first-order valence-corrected chi connectivity index (χ1v) is 10.0. The minimum absolute atomic E-state index is 0.0130. The average molecular weight is 391 g/mol. The lowest BCUT2D eigenvalue weighted by Crippen LogP contribution is -2.39. The van der Waals surface area contributed by atoms with Gasteiger partial charge in [-0.05, 0) is 36.0 Å². The third-order valence-corrected chi connectivity index (χ3v) is 7.39. The van der Waals surface area contributed by atoms with Crippen LogP contribution in [0.5, 0.6) is 0 Å². The number of nitrogens with zero attached hydrogens (tertiary/aromatic N) is 5. The zero-order valence-corrected chi connectivity index (χ0v) is 16.9. The van der Waals surface area contributed by atoms with E-state index in [1.54, 1.807) is 10.9 Å². The maximum Gasteiger partial charge on any atom is 0.223 e. The highest BCUT2D eigenvalue weighted by Crippen LogP contribution is 2.58. The van der Waals surface area contributed by atoms with Gasteiger partial charge in [-0.2, -0.15) is 5.26 Å². The smallest absolute Gasteiger partial charge is 0.223 e. The van der Waals surface area contributed by atoms with Gasteiger partial charge in [-0.3, -0.25) is 9.48 Å². The molecular weight excluding hydrogens is 361 g/mol. The van der Waals surface area contributed by atoms with Crippen LogP contribution in [-0.2, 0) is 17.9 Å². The van der Waals surface area contributed by atoms with Gasteiger partial charge in [0.1, 0.15) is 17.9 Å². The zero-order valence-electron chi connectivity index (χ0n) is 16.9. The van der Waals surface area contributed by atoms with Gasteiger partial charge in [0.25, 0.3) is 0 Å². The maximum absolute atomic E-state index is 13.6. The summed E-state index contributed by atoms with van der Waals surface area (Å²) in [7, 11) is 0. The highest BCUT2D eigenvalue weighted by atomic mass is 19.1. The van der Waals surface area contributed by atoms with Crippen molar-refractivity contribution < 1.29 is 14.3 Å². The molecule has 0 spiro atoms. The van der Waals surface area contributed by atoms with Crippen molar-refractivity contribution in [2.45, 2.75) is 78.2 Å². The molecule has 0 aromatic carbocycles. The van der Waals surface area contributed by atoms with Crippen molar-refractivity contribution in [3.63, 3.8) is 0 Å². The Morgan fingerprint density at radius 3 is 2.86 bits per heavy atom. The van der Waals surface area contributed by atoms with Gasteiger partial charge in [0, 0.05) is 19.4 Å². The van der Waals surface area contributed by atoms with Crippen LogP contribution < -0.4 is 0 Å². The number of carbonyl (C=O) groups is 1. The molecule has 1 amide bonds. The molecule has 0 radical (unpaired) electrons. The van der Waals surface area contributed by atoms with Gasteiger partial charge in [0.15, 0.2) is 0 Å². The molecule has 28 heavy (non-hydrogen) atoms. The second kappa shape index (κ2) is 7.78. The Morgan fingerprint density at radius 2 is 2.21 bits per heavy atom. The molecule has 1 saturated heterocycles. The fourth-order valence-electron chi connectivity index (χ4n) is 4.87. The van der Waals surface area contributed by atoms with Crippen molar-refractivity contribution in [1.29, 1.82) is 5.26 Å². The second-order valence-corrected chi connectivity index (χ2v) is 9.13. The first kappa shape index (κ1) is 20.7. The molecule has 1 aromatic rings. The topological polar surface area (TPSA) is 95.0 Å². The number of rotatable bonds is 6. The van der Waals surface area contributed by atoms with E-state index in [0.29, 0.717) is 18.0 Å². The fraction of sp³-hybridized carbons (Fsp3) is 0.800. The van der Waals surface area contributed by atoms with Crippen molar-refractivity contribution in [2.24, 2.45) is 16.7 Å². The number of carbonyl (C=O) groups excluding carboxylic acids is 1. The predicted molar refractivity (Wildman–Crippen MR) is 100 cm³/mol. The normalized spacial score (nSPS) is 31.9.